The van der Waals surface area contributed by atoms with Crippen LogP contribution in [-0.2, 0) is 10.0 Å². The molecule has 0 amide bonds. The first kappa shape index (κ1) is 13.3. The van der Waals surface area contributed by atoms with Crippen molar-refractivity contribution < 1.29 is 17.9 Å². The molecule has 1 aromatic rings. The zero-order chi connectivity index (χ0) is 13.1. The maximum atomic E-state index is 12.9. The van der Waals surface area contributed by atoms with Gasteiger partial charge in [0.2, 0.25) is 10.0 Å². The predicted octanol–water partition coefficient (Wildman–Crippen LogP) is 1.58. The van der Waals surface area contributed by atoms with E-state index in [1.165, 1.54) is 0 Å². The number of phenols is 1. The van der Waals surface area contributed by atoms with Crippen molar-refractivity contribution in [2.24, 2.45) is 0 Å². The van der Waals surface area contributed by atoms with Crippen LogP contribution in [0, 0.1) is 17.1 Å². The van der Waals surface area contributed by atoms with Gasteiger partial charge in [-0.1, -0.05) is 6.92 Å². The van der Waals surface area contributed by atoms with Crippen LogP contribution in [0.4, 0.5) is 10.1 Å². The lowest BCUT2D eigenvalue weighted by molar-refractivity contribution is 0.475. The summed E-state index contributed by atoms with van der Waals surface area (Å²) in [5.74, 6) is -1.09. The van der Waals surface area contributed by atoms with Crippen molar-refractivity contribution in [2.75, 3.05) is 4.72 Å². The molecule has 1 atom stereocenters. The van der Waals surface area contributed by atoms with Gasteiger partial charge >= 0.3 is 0 Å². The number of aromatic hydroxyl groups is 1. The van der Waals surface area contributed by atoms with Gasteiger partial charge in [0, 0.05) is 6.07 Å². The Morgan fingerprint density at radius 1 is 1.59 bits per heavy atom. The molecule has 2 N–H and O–H groups in total. The molecule has 0 radical (unpaired) electrons. The maximum Gasteiger partial charge on any atom is 0.249 e. The van der Waals surface area contributed by atoms with Crippen LogP contribution in [0.2, 0.25) is 0 Å². The number of nitriles is 1. The van der Waals surface area contributed by atoms with E-state index in [2.05, 4.69) is 0 Å². The smallest absolute Gasteiger partial charge is 0.249 e. The summed E-state index contributed by atoms with van der Waals surface area (Å²) in [6.07, 6.45) is 0.0991. The first-order valence-corrected chi connectivity index (χ1v) is 6.35. The molecule has 0 saturated carbocycles. The van der Waals surface area contributed by atoms with Gasteiger partial charge in [0.05, 0.1) is 11.8 Å². The molecule has 0 aromatic heterocycles. The highest BCUT2D eigenvalue weighted by molar-refractivity contribution is 7.93. The van der Waals surface area contributed by atoms with Crippen molar-refractivity contribution in [3.05, 3.63) is 24.0 Å². The van der Waals surface area contributed by atoms with Crippen LogP contribution in [-0.4, -0.2) is 18.8 Å². The lowest BCUT2D eigenvalue weighted by Crippen LogP contribution is -2.26. The molecule has 0 fully saturated rings. The molecule has 0 aliphatic carbocycles. The standard InChI is InChI=1S/C10H11FN2O3S/c1-2-8(6-12)17(15,16)13-9-5-7(11)3-4-10(9)14/h3-5,8,13-14H,2H2,1H3. The fourth-order valence-electron chi connectivity index (χ4n) is 1.19. The molecular weight excluding hydrogens is 247 g/mol. The van der Waals surface area contributed by atoms with Gasteiger partial charge in [-0.25, -0.2) is 12.8 Å². The number of hydrogen-bond donors (Lipinski definition) is 2. The first-order chi connectivity index (χ1) is 7.90. The highest BCUT2D eigenvalue weighted by atomic mass is 32.2. The van der Waals surface area contributed by atoms with Gasteiger partial charge in [-0.2, -0.15) is 5.26 Å². The number of phenolic OH excluding ortho intramolecular Hbond substituents is 1. The molecule has 1 aromatic carbocycles. The monoisotopic (exact) mass is 258 g/mol. The summed E-state index contributed by atoms with van der Waals surface area (Å²) < 4.78 is 38.2. The average molecular weight is 258 g/mol. The van der Waals surface area contributed by atoms with E-state index in [1.807, 2.05) is 4.72 Å². The molecule has 1 rings (SSSR count). The molecule has 0 aliphatic heterocycles. The van der Waals surface area contributed by atoms with E-state index in [0.717, 1.165) is 18.2 Å². The SMILES string of the molecule is CCC(C#N)S(=O)(=O)Nc1cc(F)ccc1O. The summed E-state index contributed by atoms with van der Waals surface area (Å²) in [4.78, 5) is 0. The number of benzene rings is 1. The van der Waals surface area contributed by atoms with E-state index in [4.69, 9.17) is 5.26 Å². The Hall–Kier alpha value is -1.81. The Labute approximate surface area is 98.6 Å². The Kier molecular flexibility index (Phi) is 3.91. The predicted molar refractivity (Wildman–Crippen MR) is 60.3 cm³/mol. The fraction of sp³-hybridized carbons (Fsp3) is 0.300. The molecule has 0 spiro atoms. The molecule has 0 aliphatic rings. The van der Waals surface area contributed by atoms with Crippen LogP contribution < -0.4 is 4.72 Å². The minimum atomic E-state index is -3.95. The second-order valence-corrected chi connectivity index (χ2v) is 5.20. The summed E-state index contributed by atoms with van der Waals surface area (Å²) >= 11 is 0. The molecule has 0 bridgehead atoms. The third-order valence-electron chi connectivity index (χ3n) is 2.10. The maximum absolute atomic E-state index is 12.9. The van der Waals surface area contributed by atoms with E-state index in [-0.39, 0.29) is 12.1 Å². The van der Waals surface area contributed by atoms with E-state index >= 15 is 0 Å². The largest absolute Gasteiger partial charge is 0.506 e. The normalized spacial score (nSPS) is 12.8. The highest BCUT2D eigenvalue weighted by Crippen LogP contribution is 2.25. The fourth-order valence-corrected chi connectivity index (χ4v) is 2.38. The highest BCUT2D eigenvalue weighted by Gasteiger charge is 2.24. The first-order valence-electron chi connectivity index (χ1n) is 4.80. The van der Waals surface area contributed by atoms with Gasteiger partial charge in [0.15, 0.2) is 5.25 Å². The van der Waals surface area contributed by atoms with Crippen molar-refractivity contribution in [1.82, 2.24) is 0 Å². The third kappa shape index (κ3) is 3.07. The number of rotatable bonds is 4. The lowest BCUT2D eigenvalue weighted by Gasteiger charge is -2.12. The minimum absolute atomic E-state index is 0.0991. The summed E-state index contributed by atoms with van der Waals surface area (Å²) in [5.41, 5.74) is -0.279. The second kappa shape index (κ2) is 5.01. The molecule has 17 heavy (non-hydrogen) atoms. The van der Waals surface area contributed by atoms with Gasteiger partial charge < -0.3 is 5.11 Å². The van der Waals surface area contributed by atoms with Crippen LogP contribution >= 0.6 is 0 Å². The van der Waals surface area contributed by atoms with E-state index < -0.39 is 26.8 Å². The Morgan fingerprint density at radius 3 is 2.76 bits per heavy atom. The van der Waals surface area contributed by atoms with Gasteiger partial charge in [-0.3, -0.25) is 4.72 Å². The zero-order valence-electron chi connectivity index (χ0n) is 9.01. The van der Waals surface area contributed by atoms with Crippen LogP contribution in [0.5, 0.6) is 5.75 Å². The number of sulfonamides is 1. The number of nitrogens with one attached hydrogen (secondary N) is 1. The van der Waals surface area contributed by atoms with Crippen molar-refractivity contribution >= 4 is 15.7 Å². The number of halogens is 1. The number of hydrogen-bond acceptors (Lipinski definition) is 4. The van der Waals surface area contributed by atoms with E-state index in [9.17, 15) is 17.9 Å². The number of anilines is 1. The van der Waals surface area contributed by atoms with Crippen molar-refractivity contribution in [1.29, 1.82) is 5.26 Å². The van der Waals surface area contributed by atoms with E-state index in [1.54, 1.807) is 13.0 Å². The van der Waals surface area contributed by atoms with E-state index in [0.29, 0.717) is 0 Å². The van der Waals surface area contributed by atoms with Gasteiger partial charge in [-0.05, 0) is 18.6 Å². The number of nitrogens with zero attached hydrogens (tertiary/aromatic N) is 1. The third-order valence-corrected chi connectivity index (χ3v) is 3.79. The molecule has 0 heterocycles. The van der Waals surface area contributed by atoms with Crippen molar-refractivity contribution in [3.63, 3.8) is 0 Å². The zero-order valence-corrected chi connectivity index (χ0v) is 9.83. The van der Waals surface area contributed by atoms with Crippen LogP contribution in [0.15, 0.2) is 18.2 Å². The summed E-state index contributed by atoms with van der Waals surface area (Å²) in [6, 6.07) is 4.49. The minimum Gasteiger partial charge on any atom is -0.506 e. The Bertz CT molecular complexity index is 551. The molecule has 92 valence electrons. The van der Waals surface area contributed by atoms with Gasteiger partial charge in [0.1, 0.15) is 11.6 Å². The molecular formula is C10H11FN2O3S. The quantitative estimate of drug-likeness (QED) is 0.802. The van der Waals surface area contributed by atoms with Crippen LogP contribution in [0.3, 0.4) is 0 Å². The summed E-state index contributed by atoms with van der Waals surface area (Å²) in [5, 5.41) is 16.8. The summed E-state index contributed by atoms with van der Waals surface area (Å²) in [7, 11) is -3.95. The van der Waals surface area contributed by atoms with Crippen LogP contribution in [0.1, 0.15) is 13.3 Å². The molecule has 5 nitrogen and oxygen atoms in total. The van der Waals surface area contributed by atoms with Gasteiger partial charge in [-0.15, -0.1) is 0 Å². The Morgan fingerprint density at radius 2 is 2.24 bits per heavy atom. The van der Waals surface area contributed by atoms with Crippen molar-refractivity contribution in [2.45, 2.75) is 18.6 Å². The second-order valence-electron chi connectivity index (χ2n) is 3.33. The molecule has 1 unspecified atom stereocenters. The average Bonchev–Trinajstić information content (AvgIpc) is 2.24. The van der Waals surface area contributed by atoms with Crippen LogP contribution in [0.25, 0.3) is 0 Å². The molecule has 0 saturated heterocycles. The Balaban J connectivity index is 3.06. The summed E-state index contributed by atoms with van der Waals surface area (Å²) in [6.45, 7) is 1.54. The van der Waals surface area contributed by atoms with Crippen molar-refractivity contribution in [3.8, 4) is 11.8 Å². The lowest BCUT2D eigenvalue weighted by atomic mass is 10.3. The molecule has 7 heteroatoms. The van der Waals surface area contributed by atoms with Gasteiger partial charge in [0.25, 0.3) is 0 Å². The topological polar surface area (TPSA) is 90.2 Å².